The molecule has 44 heavy (non-hydrogen) atoms. The number of carbonyl (C=O) groups excluding carboxylic acids is 5. The Kier molecular flexibility index (Phi) is 6.47. The van der Waals surface area contributed by atoms with Gasteiger partial charge in [-0.25, -0.2) is 4.79 Å². The van der Waals surface area contributed by atoms with Crippen LogP contribution < -0.4 is 4.74 Å². The fourth-order valence-corrected chi connectivity index (χ4v) is 6.95. The number of esters is 2. The van der Waals surface area contributed by atoms with Gasteiger partial charge < -0.3 is 34.6 Å². The molecule has 228 valence electrons. The van der Waals surface area contributed by atoms with Gasteiger partial charge >= 0.3 is 11.9 Å². The van der Waals surface area contributed by atoms with Gasteiger partial charge in [-0.3, -0.25) is 19.2 Å². The lowest BCUT2D eigenvalue weighted by atomic mass is 9.62. The number of phenolic OH excluding ortho intramolecular Hbond substituents is 2. The van der Waals surface area contributed by atoms with E-state index in [1.165, 1.54) is 30.4 Å². The van der Waals surface area contributed by atoms with Crippen LogP contribution in [0.5, 0.6) is 17.2 Å². The number of Topliss-reactive ketones (excluding diaryl/α,β-unsaturated/α-hetero) is 3. The number of hydrogen-bond acceptors (Lipinski definition) is 12. The smallest absolute Gasteiger partial charge is 0.353 e. The molecule has 5 aliphatic rings. The molecule has 0 saturated carbocycles. The first-order valence-electron chi connectivity index (χ1n) is 13.8. The fraction of sp³-hybridized carbons (Fsp3) is 0.344. The Labute approximate surface area is 250 Å². The van der Waals surface area contributed by atoms with Gasteiger partial charge in [-0.1, -0.05) is 12.2 Å². The number of allylic oxidation sites excluding steroid dienone is 3. The predicted octanol–water partition coefficient (Wildman–Crippen LogP) is 2.53. The molecule has 0 amide bonds. The summed E-state index contributed by atoms with van der Waals surface area (Å²) in [5.74, 6) is -6.84. The molecule has 0 saturated heterocycles. The zero-order valence-corrected chi connectivity index (χ0v) is 23.9. The fourth-order valence-electron chi connectivity index (χ4n) is 6.95. The number of fused-ring (bicyclic) bond motifs is 2. The van der Waals surface area contributed by atoms with Crippen molar-refractivity contribution in [2.24, 2.45) is 5.41 Å². The van der Waals surface area contributed by atoms with Gasteiger partial charge in [0.15, 0.2) is 17.3 Å². The van der Waals surface area contributed by atoms with E-state index >= 15 is 0 Å². The predicted molar refractivity (Wildman–Crippen MR) is 149 cm³/mol. The molecule has 0 unspecified atom stereocenters. The van der Waals surface area contributed by atoms with Crippen molar-refractivity contribution in [1.29, 1.82) is 0 Å². The number of hydrogen-bond donors (Lipinski definition) is 4. The number of aliphatic hydroxyl groups excluding tert-OH is 2. The van der Waals surface area contributed by atoms with Gasteiger partial charge in [0.05, 0.1) is 43.1 Å². The van der Waals surface area contributed by atoms with Gasteiger partial charge in [0.1, 0.15) is 34.7 Å². The standard InChI is InChI=1S/C32H28O12/c1-13-8-16-23(17(33)9-13)28(39)25-26(37)15-6-7-31(25,29(16)40)11-14-10-19-24(27(38)22(14)15)18(34)12-32(44-19,30(41)43-3)20(35)4-5-21(36)42-2/h6-10,15,20,33,35,38-39H,4-5,11-12H2,1-3H3/t15-,20-,31+,32-/m1/s1. The summed E-state index contributed by atoms with van der Waals surface area (Å²) in [4.78, 5) is 66.4. The van der Waals surface area contributed by atoms with Crippen molar-refractivity contribution in [1.82, 2.24) is 0 Å². The average Bonchev–Trinajstić information content (AvgIpc) is 3.21. The molecule has 2 bridgehead atoms. The van der Waals surface area contributed by atoms with Crippen LogP contribution in [0.25, 0.3) is 5.76 Å². The second-order valence-corrected chi connectivity index (χ2v) is 11.5. The Morgan fingerprint density at radius 1 is 1.05 bits per heavy atom. The van der Waals surface area contributed by atoms with Gasteiger partial charge in [-0.15, -0.1) is 0 Å². The average molecular weight is 605 g/mol. The number of rotatable bonds is 5. The number of carbonyl (C=O) groups is 5. The van der Waals surface area contributed by atoms with E-state index in [1.807, 2.05) is 0 Å². The lowest BCUT2D eigenvalue weighted by Gasteiger charge is -2.39. The summed E-state index contributed by atoms with van der Waals surface area (Å²) in [6, 6.07) is 4.19. The van der Waals surface area contributed by atoms with E-state index in [4.69, 9.17) is 9.47 Å². The van der Waals surface area contributed by atoms with Crippen molar-refractivity contribution in [2.75, 3.05) is 14.2 Å². The number of ketones is 3. The summed E-state index contributed by atoms with van der Waals surface area (Å²) < 4.78 is 15.5. The van der Waals surface area contributed by atoms with Crippen LogP contribution in [0.15, 0.2) is 35.9 Å². The van der Waals surface area contributed by atoms with Crippen molar-refractivity contribution in [2.45, 2.75) is 50.2 Å². The molecule has 4 N–H and O–H groups in total. The Hall–Kier alpha value is -4.97. The van der Waals surface area contributed by atoms with Crippen LogP contribution in [0.4, 0.5) is 0 Å². The molecule has 1 aliphatic heterocycles. The first-order chi connectivity index (χ1) is 20.8. The molecule has 0 radical (unpaired) electrons. The molecule has 1 spiro atoms. The van der Waals surface area contributed by atoms with Crippen LogP contribution in [0.3, 0.4) is 0 Å². The second-order valence-electron chi connectivity index (χ2n) is 11.5. The highest BCUT2D eigenvalue weighted by molar-refractivity contribution is 6.23. The summed E-state index contributed by atoms with van der Waals surface area (Å²) in [5, 5.41) is 44.5. The van der Waals surface area contributed by atoms with Crippen molar-refractivity contribution < 1.29 is 58.6 Å². The van der Waals surface area contributed by atoms with Crippen LogP contribution in [-0.4, -0.2) is 75.6 Å². The SMILES string of the molecule is COC(=O)CC[C@@H](O)[C@@]1(C(=O)OC)CC(=O)c2c(cc3c(c2O)[C@H]2C=C[C@@]4(C3)C(=O)c3cc(C)cc(O)c3C(O)=C4C2=O)O1. The van der Waals surface area contributed by atoms with E-state index < -0.39 is 70.3 Å². The number of aryl methyl sites for hydroxylation is 1. The van der Waals surface area contributed by atoms with Crippen molar-refractivity contribution in [3.05, 3.63) is 69.3 Å². The molecule has 7 rings (SSSR count). The van der Waals surface area contributed by atoms with Gasteiger partial charge in [-0.2, -0.15) is 0 Å². The molecule has 2 aromatic carbocycles. The minimum absolute atomic E-state index is 0.00939. The van der Waals surface area contributed by atoms with Crippen molar-refractivity contribution >= 4 is 35.0 Å². The first kappa shape index (κ1) is 29.1. The maximum absolute atomic E-state index is 14.1. The topological polar surface area (TPSA) is 194 Å². The minimum Gasteiger partial charge on any atom is -0.507 e. The Bertz CT molecular complexity index is 1780. The lowest BCUT2D eigenvalue weighted by Crippen LogP contribution is -2.58. The van der Waals surface area contributed by atoms with Crippen LogP contribution in [0.2, 0.25) is 0 Å². The van der Waals surface area contributed by atoms with E-state index in [1.54, 1.807) is 6.92 Å². The highest BCUT2D eigenvalue weighted by Gasteiger charge is 2.58. The zero-order chi connectivity index (χ0) is 31.9. The molecular formula is C32H28O12. The molecule has 12 nitrogen and oxygen atoms in total. The normalized spacial score (nSPS) is 25.3. The number of ether oxygens (including phenoxy) is 3. The summed E-state index contributed by atoms with van der Waals surface area (Å²) in [6.45, 7) is 1.66. The Morgan fingerprint density at radius 2 is 1.77 bits per heavy atom. The lowest BCUT2D eigenvalue weighted by molar-refractivity contribution is -0.172. The summed E-state index contributed by atoms with van der Waals surface area (Å²) >= 11 is 0. The summed E-state index contributed by atoms with van der Waals surface area (Å²) in [7, 11) is 2.19. The maximum Gasteiger partial charge on any atom is 0.353 e. The number of benzene rings is 2. The minimum atomic E-state index is -2.28. The molecule has 0 fully saturated rings. The number of methoxy groups -OCH3 is 2. The summed E-state index contributed by atoms with van der Waals surface area (Å²) in [6.07, 6.45) is -0.390. The maximum atomic E-state index is 14.1. The van der Waals surface area contributed by atoms with E-state index in [9.17, 15) is 44.4 Å². The third kappa shape index (κ3) is 3.76. The number of aromatic hydroxyl groups is 2. The molecule has 12 heteroatoms. The third-order valence-corrected chi connectivity index (χ3v) is 9.02. The molecular weight excluding hydrogens is 576 g/mol. The second kappa shape index (κ2) is 9.78. The first-order valence-corrected chi connectivity index (χ1v) is 13.8. The van der Waals surface area contributed by atoms with E-state index in [0.717, 1.165) is 14.2 Å². The largest absolute Gasteiger partial charge is 0.507 e. The molecule has 2 aromatic rings. The molecule has 0 aromatic heterocycles. The Balaban J connectivity index is 1.52. The third-order valence-electron chi connectivity index (χ3n) is 9.02. The molecule has 4 aliphatic carbocycles. The van der Waals surface area contributed by atoms with Crippen LogP contribution in [-0.2, 0) is 30.3 Å². The molecule has 4 atom stereocenters. The highest BCUT2D eigenvalue weighted by atomic mass is 16.6. The van der Waals surface area contributed by atoms with E-state index in [2.05, 4.69) is 4.74 Å². The van der Waals surface area contributed by atoms with Gasteiger partial charge in [-0.05, 0) is 49.1 Å². The summed E-state index contributed by atoms with van der Waals surface area (Å²) in [5.41, 5.74) is -3.93. The quantitative estimate of drug-likeness (QED) is 0.288. The van der Waals surface area contributed by atoms with Gasteiger partial charge in [0.25, 0.3) is 0 Å². The number of aliphatic hydroxyl groups is 2. The van der Waals surface area contributed by atoms with E-state index in [0.29, 0.717) is 5.56 Å². The molecule has 1 heterocycles. The zero-order valence-electron chi connectivity index (χ0n) is 23.9. The monoisotopic (exact) mass is 604 g/mol. The highest BCUT2D eigenvalue weighted by Crippen LogP contribution is 2.58. The van der Waals surface area contributed by atoms with E-state index in [-0.39, 0.29) is 64.2 Å². The van der Waals surface area contributed by atoms with Crippen molar-refractivity contribution in [3.63, 3.8) is 0 Å². The van der Waals surface area contributed by atoms with Crippen molar-refractivity contribution in [3.8, 4) is 17.2 Å². The van der Waals surface area contributed by atoms with Gasteiger partial charge in [0.2, 0.25) is 5.60 Å². The van der Waals surface area contributed by atoms with Gasteiger partial charge in [0, 0.05) is 17.5 Å². The van der Waals surface area contributed by atoms with Crippen LogP contribution in [0, 0.1) is 12.3 Å². The van der Waals surface area contributed by atoms with Crippen LogP contribution in [0.1, 0.15) is 68.2 Å². The number of phenols is 2. The van der Waals surface area contributed by atoms with Crippen LogP contribution >= 0.6 is 0 Å². The Morgan fingerprint density at radius 3 is 2.45 bits per heavy atom.